The third-order valence-corrected chi connectivity index (χ3v) is 5.35. The van der Waals surface area contributed by atoms with Crippen LogP contribution < -0.4 is 5.32 Å². The van der Waals surface area contributed by atoms with Gasteiger partial charge in [0.05, 0.1) is 12.1 Å². The summed E-state index contributed by atoms with van der Waals surface area (Å²) in [4.78, 5) is 17.0. The molecule has 0 spiro atoms. The smallest absolute Gasteiger partial charge is 0.237 e. The Morgan fingerprint density at radius 2 is 2.17 bits per heavy atom. The predicted molar refractivity (Wildman–Crippen MR) is 97.9 cm³/mol. The van der Waals surface area contributed by atoms with E-state index in [1.165, 1.54) is 31.3 Å². The molecule has 0 radical (unpaired) electrons. The molecule has 0 unspecified atom stereocenters. The van der Waals surface area contributed by atoms with Crippen LogP contribution in [-0.4, -0.2) is 71.7 Å². The van der Waals surface area contributed by atoms with Gasteiger partial charge in [-0.2, -0.15) is 0 Å². The second-order valence-corrected chi connectivity index (χ2v) is 7.51. The monoisotopic (exact) mass is 337 g/mol. The van der Waals surface area contributed by atoms with Crippen molar-refractivity contribution in [3.8, 4) is 0 Å². The number of hydrogen-bond acceptors (Lipinski definition) is 4. The molecule has 0 aromatic carbocycles. The quantitative estimate of drug-likeness (QED) is 0.695. The summed E-state index contributed by atoms with van der Waals surface area (Å²) in [6.07, 6.45) is 8.06. The predicted octanol–water partition coefficient (Wildman–Crippen LogP) is 1.77. The Morgan fingerprint density at radius 3 is 2.79 bits per heavy atom. The van der Waals surface area contributed by atoms with E-state index in [9.17, 15) is 9.90 Å². The summed E-state index contributed by atoms with van der Waals surface area (Å²) >= 11 is 0. The number of nitrogens with one attached hydrogen (secondary N) is 1. The Kier molecular flexibility index (Phi) is 7.72. The minimum absolute atomic E-state index is 0.0820. The lowest BCUT2D eigenvalue weighted by atomic mass is 9.97. The van der Waals surface area contributed by atoms with Gasteiger partial charge < -0.3 is 10.4 Å². The van der Waals surface area contributed by atoms with Gasteiger partial charge >= 0.3 is 0 Å². The molecule has 24 heavy (non-hydrogen) atoms. The van der Waals surface area contributed by atoms with Gasteiger partial charge in [0.2, 0.25) is 5.91 Å². The van der Waals surface area contributed by atoms with E-state index in [0.717, 1.165) is 32.6 Å². The van der Waals surface area contributed by atoms with Crippen LogP contribution in [-0.2, 0) is 4.79 Å². The maximum absolute atomic E-state index is 12.4. The first-order valence-electron chi connectivity index (χ1n) is 9.59. The van der Waals surface area contributed by atoms with Gasteiger partial charge in [-0.1, -0.05) is 11.6 Å². The number of allylic oxidation sites excluding steroid dienone is 1. The van der Waals surface area contributed by atoms with Crippen LogP contribution in [0.15, 0.2) is 11.6 Å². The largest absolute Gasteiger partial charge is 0.392 e. The van der Waals surface area contributed by atoms with Crippen LogP contribution in [0.5, 0.6) is 0 Å². The molecule has 3 atom stereocenters. The average molecular weight is 338 g/mol. The highest BCUT2D eigenvalue weighted by Gasteiger charge is 2.29. The van der Waals surface area contributed by atoms with Crippen LogP contribution in [0, 0.1) is 0 Å². The van der Waals surface area contributed by atoms with Gasteiger partial charge in [0.1, 0.15) is 0 Å². The zero-order chi connectivity index (χ0) is 17.5. The number of nitrogens with zero attached hydrogens (tertiary/aromatic N) is 2. The molecule has 2 aliphatic rings. The maximum Gasteiger partial charge on any atom is 0.237 e. The lowest BCUT2D eigenvalue weighted by Gasteiger charge is -2.42. The number of aliphatic hydroxyl groups is 1. The number of carbonyl (C=O) groups is 1. The molecule has 5 heteroatoms. The molecule has 0 bridgehead atoms. The fourth-order valence-electron chi connectivity index (χ4n) is 3.78. The van der Waals surface area contributed by atoms with Crippen molar-refractivity contribution in [1.82, 2.24) is 15.1 Å². The van der Waals surface area contributed by atoms with Crippen LogP contribution in [0.1, 0.15) is 52.9 Å². The molecular weight excluding hydrogens is 302 g/mol. The summed E-state index contributed by atoms with van der Waals surface area (Å²) in [5.74, 6) is 0.141. The van der Waals surface area contributed by atoms with Crippen molar-refractivity contribution < 1.29 is 9.90 Å². The van der Waals surface area contributed by atoms with Gasteiger partial charge in [-0.15, -0.1) is 0 Å². The van der Waals surface area contributed by atoms with Crippen molar-refractivity contribution in [2.24, 2.45) is 0 Å². The summed E-state index contributed by atoms with van der Waals surface area (Å²) < 4.78 is 0. The van der Waals surface area contributed by atoms with E-state index in [2.05, 4.69) is 28.1 Å². The van der Waals surface area contributed by atoms with Crippen molar-refractivity contribution in [1.29, 1.82) is 0 Å². The second kappa shape index (κ2) is 9.54. The minimum Gasteiger partial charge on any atom is -0.392 e. The van der Waals surface area contributed by atoms with E-state index in [4.69, 9.17) is 0 Å². The number of β-amino-alcohol motifs (C(OH)–C–C–N with tert-alkyl or cyclic N) is 1. The third kappa shape index (κ3) is 5.87. The Morgan fingerprint density at radius 1 is 1.38 bits per heavy atom. The summed E-state index contributed by atoms with van der Waals surface area (Å²) in [6.45, 7) is 10.2. The van der Waals surface area contributed by atoms with E-state index >= 15 is 0 Å². The minimum atomic E-state index is -0.297. The third-order valence-electron chi connectivity index (χ3n) is 5.35. The standard InChI is InChI=1S/C19H35N3O2/c1-15-13-22(12-11-21(15)14-16(2)23)17(3)19(24)20-10-9-18-7-5-4-6-8-18/h7,15-17,23H,4-6,8-14H2,1-3H3,(H,20,24)/t15-,16+,17-/m1/s1. The fraction of sp³-hybridized carbons (Fsp3) is 0.842. The van der Waals surface area contributed by atoms with Gasteiger partial charge in [-0.3, -0.25) is 14.6 Å². The van der Waals surface area contributed by atoms with Crippen molar-refractivity contribution >= 4 is 5.91 Å². The number of carbonyl (C=O) groups excluding carboxylic acids is 1. The van der Waals surface area contributed by atoms with Crippen LogP contribution in [0.3, 0.4) is 0 Å². The summed E-state index contributed by atoms with van der Waals surface area (Å²) in [5, 5.41) is 12.7. The van der Waals surface area contributed by atoms with Crippen molar-refractivity contribution in [2.75, 3.05) is 32.7 Å². The topological polar surface area (TPSA) is 55.8 Å². The maximum atomic E-state index is 12.4. The fourth-order valence-corrected chi connectivity index (χ4v) is 3.78. The van der Waals surface area contributed by atoms with Gasteiger partial charge in [0, 0.05) is 38.8 Å². The van der Waals surface area contributed by atoms with Crippen molar-refractivity contribution in [2.45, 2.75) is 71.1 Å². The Bertz CT molecular complexity index is 436. The molecular formula is C19H35N3O2. The van der Waals surface area contributed by atoms with Crippen molar-refractivity contribution in [3.05, 3.63) is 11.6 Å². The first-order valence-corrected chi connectivity index (χ1v) is 9.59. The Balaban J connectivity index is 1.71. The molecule has 1 heterocycles. The molecule has 1 aliphatic heterocycles. The summed E-state index contributed by atoms with van der Waals surface area (Å²) in [5.41, 5.74) is 1.51. The average Bonchev–Trinajstić information content (AvgIpc) is 2.56. The van der Waals surface area contributed by atoms with Gasteiger partial charge in [0.15, 0.2) is 0 Å². The summed E-state index contributed by atoms with van der Waals surface area (Å²) in [7, 11) is 0. The van der Waals surface area contributed by atoms with Gasteiger partial charge in [0.25, 0.3) is 0 Å². The van der Waals surface area contributed by atoms with E-state index < -0.39 is 0 Å². The Hall–Kier alpha value is -0.910. The highest BCUT2D eigenvalue weighted by Crippen LogP contribution is 2.19. The Labute approximate surface area is 147 Å². The molecule has 0 saturated carbocycles. The molecule has 0 aromatic heterocycles. The zero-order valence-corrected chi connectivity index (χ0v) is 15.6. The van der Waals surface area contributed by atoms with E-state index in [0.29, 0.717) is 12.6 Å². The molecule has 1 fully saturated rings. The number of hydrogen-bond donors (Lipinski definition) is 2. The van der Waals surface area contributed by atoms with Gasteiger partial charge in [-0.25, -0.2) is 0 Å². The van der Waals surface area contributed by atoms with Gasteiger partial charge in [-0.05, 0) is 52.9 Å². The molecule has 2 rings (SSSR count). The molecule has 0 aromatic rings. The number of aliphatic hydroxyl groups excluding tert-OH is 1. The first kappa shape index (κ1) is 19.4. The second-order valence-electron chi connectivity index (χ2n) is 7.51. The van der Waals surface area contributed by atoms with Crippen LogP contribution >= 0.6 is 0 Å². The number of rotatable bonds is 7. The SMILES string of the molecule is C[C@H](O)CN1CCN([C@H](C)C(=O)NCCC2=CCCCC2)C[C@H]1C. The lowest BCUT2D eigenvalue weighted by molar-refractivity contribution is -0.127. The number of amides is 1. The van der Waals surface area contributed by atoms with E-state index in [1.807, 2.05) is 13.8 Å². The summed E-state index contributed by atoms with van der Waals surface area (Å²) in [6, 6.07) is 0.289. The molecule has 1 aliphatic carbocycles. The highest BCUT2D eigenvalue weighted by molar-refractivity contribution is 5.81. The normalized spacial score (nSPS) is 25.8. The van der Waals surface area contributed by atoms with Crippen LogP contribution in [0.2, 0.25) is 0 Å². The van der Waals surface area contributed by atoms with E-state index in [-0.39, 0.29) is 18.1 Å². The first-order chi connectivity index (χ1) is 11.5. The molecule has 5 nitrogen and oxygen atoms in total. The molecule has 1 amide bonds. The van der Waals surface area contributed by atoms with Crippen LogP contribution in [0.25, 0.3) is 0 Å². The zero-order valence-electron chi connectivity index (χ0n) is 15.6. The van der Waals surface area contributed by atoms with Crippen LogP contribution in [0.4, 0.5) is 0 Å². The lowest BCUT2D eigenvalue weighted by Crippen LogP contribution is -2.58. The molecule has 2 N–H and O–H groups in total. The molecule has 1 saturated heterocycles. The van der Waals surface area contributed by atoms with E-state index in [1.54, 1.807) is 0 Å². The van der Waals surface area contributed by atoms with Crippen molar-refractivity contribution in [3.63, 3.8) is 0 Å². The molecule has 138 valence electrons. The number of piperazine rings is 1. The highest BCUT2D eigenvalue weighted by atomic mass is 16.3.